The largest absolute Gasteiger partial charge is 0.336 e. The van der Waals surface area contributed by atoms with Gasteiger partial charge in [-0.2, -0.15) is 0 Å². The van der Waals surface area contributed by atoms with Crippen LogP contribution in [0.25, 0.3) is 0 Å². The summed E-state index contributed by atoms with van der Waals surface area (Å²) in [6.45, 7) is 5.17. The monoisotopic (exact) mass is 421 g/mol. The highest BCUT2D eigenvalue weighted by molar-refractivity contribution is 6.31. The predicted octanol–water partition coefficient (Wildman–Crippen LogP) is 4.39. The van der Waals surface area contributed by atoms with Gasteiger partial charge >= 0.3 is 0 Å². The average molecular weight is 422 g/mol. The van der Waals surface area contributed by atoms with Crippen molar-refractivity contribution in [3.05, 3.63) is 83.1 Å². The number of rotatable bonds is 5. The van der Waals surface area contributed by atoms with Crippen LogP contribution in [0.5, 0.6) is 0 Å². The number of nitrogens with one attached hydrogen (secondary N) is 1. The van der Waals surface area contributed by atoms with Gasteiger partial charge in [0, 0.05) is 60.9 Å². The van der Waals surface area contributed by atoms with Gasteiger partial charge in [-0.1, -0.05) is 35.9 Å². The van der Waals surface area contributed by atoms with Crippen molar-refractivity contribution in [3.63, 3.8) is 0 Å². The van der Waals surface area contributed by atoms with Crippen LogP contribution in [0.15, 0.2) is 67.0 Å². The number of amides is 1. The fourth-order valence-corrected chi connectivity index (χ4v) is 4.02. The first-order chi connectivity index (χ1) is 14.6. The topological polar surface area (TPSA) is 61.4 Å². The zero-order valence-electron chi connectivity index (χ0n) is 16.8. The zero-order chi connectivity index (χ0) is 20.9. The number of piperazine rings is 1. The molecular formula is C23H24ClN5O. The highest BCUT2D eigenvalue weighted by Crippen LogP contribution is 2.28. The second-order valence-corrected chi connectivity index (χ2v) is 7.71. The number of nitrogens with zero attached hydrogens (tertiary/aromatic N) is 4. The highest BCUT2D eigenvalue weighted by atomic mass is 35.5. The average Bonchev–Trinajstić information content (AvgIpc) is 2.79. The predicted molar refractivity (Wildman–Crippen MR) is 119 cm³/mol. The fraction of sp³-hybridized carbons (Fsp3) is 0.261. The Morgan fingerprint density at radius 2 is 1.73 bits per heavy atom. The number of anilines is 2. The van der Waals surface area contributed by atoms with Crippen LogP contribution in [0.3, 0.4) is 0 Å². The van der Waals surface area contributed by atoms with Gasteiger partial charge in [-0.3, -0.25) is 9.69 Å². The number of hydrogen-bond donors (Lipinski definition) is 1. The Balaban J connectivity index is 1.39. The first-order valence-electron chi connectivity index (χ1n) is 10.0. The van der Waals surface area contributed by atoms with Crippen molar-refractivity contribution in [1.29, 1.82) is 0 Å². The summed E-state index contributed by atoms with van der Waals surface area (Å²) in [4.78, 5) is 25.6. The molecule has 0 radical (unpaired) electrons. The molecule has 1 fully saturated rings. The Labute approximate surface area is 181 Å². The molecule has 2 heterocycles. The van der Waals surface area contributed by atoms with Crippen LogP contribution >= 0.6 is 11.6 Å². The van der Waals surface area contributed by atoms with Crippen LogP contribution < -0.4 is 5.32 Å². The van der Waals surface area contributed by atoms with E-state index in [2.05, 4.69) is 33.2 Å². The second kappa shape index (κ2) is 9.24. The maximum absolute atomic E-state index is 13.0. The van der Waals surface area contributed by atoms with E-state index in [0.29, 0.717) is 24.6 Å². The van der Waals surface area contributed by atoms with Crippen LogP contribution in [0.4, 0.5) is 11.6 Å². The lowest BCUT2D eigenvalue weighted by Gasteiger charge is -2.38. The van der Waals surface area contributed by atoms with Crippen LogP contribution in [-0.4, -0.2) is 51.9 Å². The summed E-state index contributed by atoms with van der Waals surface area (Å²) in [7, 11) is 0. The number of benzene rings is 2. The van der Waals surface area contributed by atoms with Crippen LogP contribution in [0.2, 0.25) is 5.02 Å². The van der Waals surface area contributed by atoms with Gasteiger partial charge in [0.25, 0.3) is 5.91 Å². The lowest BCUT2D eigenvalue weighted by molar-refractivity contribution is 0.0582. The minimum absolute atomic E-state index is 0.0395. The zero-order valence-corrected chi connectivity index (χ0v) is 17.6. The van der Waals surface area contributed by atoms with E-state index in [0.717, 1.165) is 29.4 Å². The molecule has 0 aliphatic carbocycles. The summed E-state index contributed by atoms with van der Waals surface area (Å²) in [5.74, 6) is 0.543. The molecule has 1 atom stereocenters. The number of carbonyl (C=O) groups excluding carboxylic acids is 1. The molecule has 1 aliphatic rings. The molecule has 4 rings (SSSR count). The van der Waals surface area contributed by atoms with E-state index < -0.39 is 0 Å². The Morgan fingerprint density at radius 3 is 2.47 bits per heavy atom. The SMILES string of the molecule is CC(c1ccccc1Cl)N1CCN(C(=O)c2cccc(Nc3ncccn3)c2)CC1. The molecule has 30 heavy (non-hydrogen) atoms. The number of carbonyl (C=O) groups is 1. The first kappa shape index (κ1) is 20.3. The Hall–Kier alpha value is -2.96. The standard InChI is InChI=1S/C23H24ClN5O/c1-17(20-8-2-3-9-21(20)24)28-12-14-29(15-13-28)22(30)18-6-4-7-19(16-18)27-23-25-10-5-11-26-23/h2-11,16-17H,12-15H2,1H3,(H,25,26,27). The van der Waals surface area contributed by atoms with Gasteiger partial charge in [0.2, 0.25) is 5.95 Å². The van der Waals surface area contributed by atoms with Crippen LogP contribution in [-0.2, 0) is 0 Å². The molecule has 1 unspecified atom stereocenters. The summed E-state index contributed by atoms with van der Waals surface area (Å²) >= 11 is 6.36. The maximum Gasteiger partial charge on any atom is 0.254 e. The van der Waals surface area contributed by atoms with E-state index in [4.69, 9.17) is 11.6 Å². The molecule has 1 N–H and O–H groups in total. The summed E-state index contributed by atoms with van der Waals surface area (Å²) in [6, 6.07) is 17.4. The molecular weight excluding hydrogens is 398 g/mol. The maximum atomic E-state index is 13.0. The van der Waals surface area contributed by atoms with Crippen molar-refractivity contribution in [3.8, 4) is 0 Å². The number of hydrogen-bond acceptors (Lipinski definition) is 5. The molecule has 154 valence electrons. The molecule has 1 aromatic heterocycles. The van der Waals surface area contributed by atoms with Gasteiger partial charge in [-0.25, -0.2) is 9.97 Å². The van der Waals surface area contributed by atoms with Crippen molar-refractivity contribution >= 4 is 29.1 Å². The summed E-state index contributed by atoms with van der Waals surface area (Å²) in [6.07, 6.45) is 3.35. The highest BCUT2D eigenvalue weighted by Gasteiger charge is 2.26. The molecule has 1 aliphatic heterocycles. The molecule has 0 bridgehead atoms. The first-order valence-corrected chi connectivity index (χ1v) is 10.4. The van der Waals surface area contributed by atoms with Gasteiger partial charge in [-0.15, -0.1) is 0 Å². The second-order valence-electron chi connectivity index (χ2n) is 7.30. The number of halogens is 1. The molecule has 0 spiro atoms. The molecule has 2 aromatic carbocycles. The smallest absolute Gasteiger partial charge is 0.254 e. The van der Waals surface area contributed by atoms with Crippen molar-refractivity contribution < 1.29 is 4.79 Å². The minimum Gasteiger partial charge on any atom is -0.336 e. The van der Waals surface area contributed by atoms with E-state index in [1.165, 1.54) is 0 Å². The summed E-state index contributed by atoms with van der Waals surface area (Å²) < 4.78 is 0. The molecule has 6 nitrogen and oxygen atoms in total. The van der Waals surface area contributed by atoms with Gasteiger partial charge < -0.3 is 10.2 Å². The van der Waals surface area contributed by atoms with Gasteiger partial charge in [0.15, 0.2) is 0 Å². The van der Waals surface area contributed by atoms with Crippen LogP contribution in [0.1, 0.15) is 28.9 Å². The summed E-state index contributed by atoms with van der Waals surface area (Å²) in [5, 5.41) is 3.92. The van der Waals surface area contributed by atoms with Crippen molar-refractivity contribution in [2.45, 2.75) is 13.0 Å². The van der Waals surface area contributed by atoms with Gasteiger partial charge in [0.1, 0.15) is 0 Å². The third-order valence-electron chi connectivity index (χ3n) is 5.44. The Kier molecular flexibility index (Phi) is 6.26. The normalized spacial score (nSPS) is 15.6. The van der Waals surface area contributed by atoms with E-state index in [1.54, 1.807) is 18.5 Å². The molecule has 1 amide bonds. The van der Waals surface area contributed by atoms with Crippen LogP contribution in [0, 0.1) is 0 Å². The lowest BCUT2D eigenvalue weighted by atomic mass is 10.1. The third-order valence-corrected chi connectivity index (χ3v) is 5.78. The lowest BCUT2D eigenvalue weighted by Crippen LogP contribution is -2.49. The minimum atomic E-state index is 0.0395. The van der Waals surface area contributed by atoms with E-state index in [-0.39, 0.29) is 11.9 Å². The fourth-order valence-electron chi connectivity index (χ4n) is 3.73. The molecule has 7 heteroatoms. The van der Waals surface area contributed by atoms with Crippen molar-refractivity contribution in [2.24, 2.45) is 0 Å². The molecule has 3 aromatic rings. The number of aromatic nitrogens is 2. The summed E-state index contributed by atoms with van der Waals surface area (Å²) in [5.41, 5.74) is 2.57. The van der Waals surface area contributed by atoms with E-state index in [1.807, 2.05) is 47.4 Å². The Bertz CT molecular complexity index is 1010. The van der Waals surface area contributed by atoms with Crippen molar-refractivity contribution in [2.75, 3.05) is 31.5 Å². The Morgan fingerprint density at radius 1 is 1.00 bits per heavy atom. The quantitative estimate of drug-likeness (QED) is 0.661. The third kappa shape index (κ3) is 4.61. The van der Waals surface area contributed by atoms with E-state index >= 15 is 0 Å². The van der Waals surface area contributed by atoms with Gasteiger partial charge in [0.05, 0.1) is 0 Å². The molecule has 0 saturated carbocycles. The van der Waals surface area contributed by atoms with Crippen molar-refractivity contribution in [1.82, 2.24) is 19.8 Å². The van der Waals surface area contributed by atoms with E-state index in [9.17, 15) is 4.79 Å². The molecule has 1 saturated heterocycles. The van der Waals surface area contributed by atoms with Gasteiger partial charge in [-0.05, 0) is 42.8 Å².